The molecule has 0 heterocycles. The molecule has 7 heteroatoms. The van der Waals surface area contributed by atoms with Crippen LogP contribution in [0.4, 0.5) is 10.1 Å². The van der Waals surface area contributed by atoms with Crippen molar-refractivity contribution in [2.24, 2.45) is 0 Å². The third-order valence-electron chi connectivity index (χ3n) is 2.86. The summed E-state index contributed by atoms with van der Waals surface area (Å²) in [6.07, 6.45) is 1.06. The molecule has 0 atom stereocenters. The highest BCUT2D eigenvalue weighted by atomic mass is 35.5. The molecule has 0 aliphatic rings. The summed E-state index contributed by atoms with van der Waals surface area (Å²) in [4.78, 5) is 0.0372. The number of nitrogens with one attached hydrogen (secondary N) is 1. The monoisotopic (exact) mass is 329 g/mol. The van der Waals surface area contributed by atoms with Crippen LogP contribution in [0, 0.1) is 5.82 Å². The number of benzene rings is 2. The minimum atomic E-state index is -3.40. The highest BCUT2D eigenvalue weighted by Gasteiger charge is 2.11. The van der Waals surface area contributed by atoms with Crippen LogP contribution in [0.15, 0.2) is 41.3 Å². The summed E-state index contributed by atoms with van der Waals surface area (Å²) in [5, 5.41) is 12.3. The van der Waals surface area contributed by atoms with E-state index in [0.717, 1.165) is 17.9 Å². The first-order chi connectivity index (χ1) is 9.77. The Labute approximate surface area is 127 Å². The van der Waals surface area contributed by atoms with E-state index in [4.69, 9.17) is 11.6 Å². The van der Waals surface area contributed by atoms with Crippen LogP contribution < -0.4 is 5.32 Å². The van der Waals surface area contributed by atoms with Crippen molar-refractivity contribution in [1.82, 2.24) is 0 Å². The smallest absolute Gasteiger partial charge is 0.175 e. The fraction of sp³-hybridized carbons (Fsp3) is 0.143. The molecule has 21 heavy (non-hydrogen) atoms. The second kappa shape index (κ2) is 5.91. The lowest BCUT2D eigenvalue weighted by atomic mass is 10.2. The Morgan fingerprint density at radius 2 is 1.95 bits per heavy atom. The molecule has 2 aromatic rings. The Morgan fingerprint density at radius 1 is 1.24 bits per heavy atom. The second-order valence-electron chi connectivity index (χ2n) is 4.55. The van der Waals surface area contributed by atoms with Crippen molar-refractivity contribution in [3.05, 3.63) is 52.8 Å². The third kappa shape index (κ3) is 3.86. The standard InChI is InChI=1S/C14H13ClFNO3S/c1-21(19,20)10-3-4-12(16)13(7-10)17-8-9-2-5-14(18)11(15)6-9/h2-7,17-18H,8H2,1H3. The van der Waals surface area contributed by atoms with Gasteiger partial charge in [0.15, 0.2) is 9.84 Å². The van der Waals surface area contributed by atoms with Gasteiger partial charge in [0, 0.05) is 12.8 Å². The molecule has 2 N–H and O–H groups in total. The van der Waals surface area contributed by atoms with Crippen LogP contribution in [0.2, 0.25) is 5.02 Å². The Kier molecular flexibility index (Phi) is 4.39. The minimum Gasteiger partial charge on any atom is -0.506 e. The topological polar surface area (TPSA) is 66.4 Å². The molecule has 0 aromatic heterocycles. The number of sulfone groups is 1. The van der Waals surface area contributed by atoms with Crippen LogP contribution in [0.3, 0.4) is 0 Å². The SMILES string of the molecule is CS(=O)(=O)c1ccc(F)c(NCc2ccc(O)c(Cl)c2)c1. The molecular formula is C14H13ClFNO3S. The van der Waals surface area contributed by atoms with E-state index in [1.807, 2.05) is 0 Å². The first-order valence-electron chi connectivity index (χ1n) is 5.98. The second-order valence-corrected chi connectivity index (χ2v) is 6.98. The van der Waals surface area contributed by atoms with Gasteiger partial charge in [0.1, 0.15) is 11.6 Å². The lowest BCUT2D eigenvalue weighted by Gasteiger charge is -2.10. The molecule has 2 aromatic carbocycles. The molecule has 0 fully saturated rings. The predicted octanol–water partition coefficient (Wildman–Crippen LogP) is 3.20. The van der Waals surface area contributed by atoms with E-state index in [2.05, 4.69) is 5.32 Å². The fourth-order valence-electron chi connectivity index (χ4n) is 1.73. The normalized spacial score (nSPS) is 11.4. The highest BCUT2D eigenvalue weighted by Crippen LogP contribution is 2.25. The first-order valence-corrected chi connectivity index (χ1v) is 8.25. The molecule has 0 spiro atoms. The zero-order valence-corrected chi connectivity index (χ0v) is 12.7. The van der Waals surface area contributed by atoms with Gasteiger partial charge in [0.2, 0.25) is 0 Å². The summed E-state index contributed by atoms with van der Waals surface area (Å²) in [6.45, 7) is 0.240. The maximum Gasteiger partial charge on any atom is 0.175 e. The van der Waals surface area contributed by atoms with Gasteiger partial charge in [-0.15, -0.1) is 0 Å². The van der Waals surface area contributed by atoms with E-state index >= 15 is 0 Å². The number of hydrogen-bond acceptors (Lipinski definition) is 4. The van der Waals surface area contributed by atoms with E-state index < -0.39 is 15.7 Å². The van der Waals surface area contributed by atoms with Crippen molar-refractivity contribution in [3.8, 4) is 5.75 Å². The Hall–Kier alpha value is -1.79. The van der Waals surface area contributed by atoms with Crippen LogP contribution in [0.5, 0.6) is 5.75 Å². The molecular weight excluding hydrogens is 317 g/mol. The number of phenolic OH excluding ortho intramolecular Hbond substituents is 1. The quantitative estimate of drug-likeness (QED) is 0.845. The zero-order valence-electron chi connectivity index (χ0n) is 11.1. The zero-order chi connectivity index (χ0) is 15.6. The lowest BCUT2D eigenvalue weighted by Crippen LogP contribution is -2.04. The maximum absolute atomic E-state index is 13.7. The Bertz CT molecular complexity index is 778. The summed E-state index contributed by atoms with van der Waals surface area (Å²) in [6, 6.07) is 8.17. The summed E-state index contributed by atoms with van der Waals surface area (Å²) in [5.74, 6) is -0.585. The average molecular weight is 330 g/mol. The van der Waals surface area contributed by atoms with Crippen molar-refractivity contribution in [2.45, 2.75) is 11.4 Å². The molecule has 0 aliphatic carbocycles. The van der Waals surface area contributed by atoms with E-state index in [-0.39, 0.29) is 27.9 Å². The average Bonchev–Trinajstić information content (AvgIpc) is 2.40. The molecule has 0 saturated heterocycles. The molecule has 0 bridgehead atoms. The van der Waals surface area contributed by atoms with Crippen LogP contribution in [0.25, 0.3) is 0 Å². The predicted molar refractivity (Wildman–Crippen MR) is 80.0 cm³/mol. The van der Waals surface area contributed by atoms with Crippen molar-refractivity contribution in [3.63, 3.8) is 0 Å². The van der Waals surface area contributed by atoms with Gasteiger partial charge in [-0.25, -0.2) is 12.8 Å². The number of rotatable bonds is 4. The van der Waals surface area contributed by atoms with Crippen LogP contribution in [-0.2, 0) is 16.4 Å². The van der Waals surface area contributed by atoms with Gasteiger partial charge < -0.3 is 10.4 Å². The molecule has 0 aliphatic heterocycles. The van der Waals surface area contributed by atoms with E-state index in [1.54, 1.807) is 12.1 Å². The number of halogens is 2. The van der Waals surface area contributed by atoms with Gasteiger partial charge in [-0.3, -0.25) is 0 Å². The molecule has 112 valence electrons. The van der Waals surface area contributed by atoms with E-state index in [9.17, 15) is 17.9 Å². The van der Waals surface area contributed by atoms with Crippen LogP contribution in [-0.4, -0.2) is 19.8 Å². The molecule has 2 rings (SSSR count). The summed E-state index contributed by atoms with van der Waals surface area (Å²) in [5.41, 5.74) is 0.809. The summed E-state index contributed by atoms with van der Waals surface area (Å²) >= 11 is 5.78. The minimum absolute atomic E-state index is 0.0364. The van der Waals surface area contributed by atoms with E-state index in [0.29, 0.717) is 0 Å². The number of phenols is 1. The van der Waals surface area contributed by atoms with Gasteiger partial charge in [0.25, 0.3) is 0 Å². The Balaban J connectivity index is 2.21. The molecule has 0 radical (unpaired) electrons. The van der Waals surface area contributed by atoms with Gasteiger partial charge in [-0.1, -0.05) is 17.7 Å². The number of anilines is 1. The van der Waals surface area contributed by atoms with E-state index in [1.165, 1.54) is 18.2 Å². The molecule has 0 unspecified atom stereocenters. The van der Waals surface area contributed by atoms with Crippen molar-refractivity contribution < 1.29 is 17.9 Å². The number of hydrogen-bond donors (Lipinski definition) is 2. The molecule has 4 nitrogen and oxygen atoms in total. The van der Waals surface area contributed by atoms with Gasteiger partial charge >= 0.3 is 0 Å². The third-order valence-corrected chi connectivity index (χ3v) is 4.27. The number of aromatic hydroxyl groups is 1. The van der Waals surface area contributed by atoms with Crippen molar-refractivity contribution in [1.29, 1.82) is 0 Å². The fourth-order valence-corrected chi connectivity index (χ4v) is 2.58. The first kappa shape index (κ1) is 15.6. The van der Waals surface area contributed by atoms with Gasteiger partial charge in [-0.05, 0) is 35.9 Å². The van der Waals surface area contributed by atoms with Crippen molar-refractivity contribution in [2.75, 3.05) is 11.6 Å². The largest absolute Gasteiger partial charge is 0.506 e. The highest BCUT2D eigenvalue weighted by molar-refractivity contribution is 7.90. The molecule has 0 amide bonds. The summed E-state index contributed by atoms with van der Waals surface area (Å²) < 4.78 is 36.6. The van der Waals surface area contributed by atoms with Crippen LogP contribution in [0.1, 0.15) is 5.56 Å². The van der Waals surface area contributed by atoms with Crippen molar-refractivity contribution >= 4 is 27.1 Å². The molecule has 0 saturated carbocycles. The van der Waals surface area contributed by atoms with Gasteiger partial charge in [0.05, 0.1) is 15.6 Å². The lowest BCUT2D eigenvalue weighted by molar-refractivity contribution is 0.475. The van der Waals surface area contributed by atoms with Crippen LogP contribution >= 0.6 is 11.6 Å². The maximum atomic E-state index is 13.7. The Morgan fingerprint density at radius 3 is 2.57 bits per heavy atom. The van der Waals surface area contributed by atoms with Gasteiger partial charge in [-0.2, -0.15) is 0 Å². The summed E-state index contributed by atoms with van der Waals surface area (Å²) in [7, 11) is -3.40.